The molecule has 118 valence electrons. The number of anilines is 1. The fourth-order valence-electron chi connectivity index (χ4n) is 2.58. The lowest BCUT2D eigenvalue weighted by Gasteiger charge is -2.42. The quantitative estimate of drug-likeness (QED) is 0.895. The van der Waals surface area contributed by atoms with Crippen molar-refractivity contribution in [3.05, 3.63) is 29.3 Å². The number of benzene rings is 1. The van der Waals surface area contributed by atoms with Gasteiger partial charge >= 0.3 is 0 Å². The number of halogens is 2. The summed E-state index contributed by atoms with van der Waals surface area (Å²) in [5.74, 6) is -0.0376. The summed E-state index contributed by atoms with van der Waals surface area (Å²) in [6.07, 6.45) is 0.923. The van der Waals surface area contributed by atoms with Crippen LogP contribution in [0.3, 0.4) is 0 Å². The fraction of sp³-hybridized carbons (Fsp3) is 0.533. The molecule has 1 aromatic carbocycles. The van der Waals surface area contributed by atoms with Crippen molar-refractivity contribution in [3.63, 3.8) is 0 Å². The summed E-state index contributed by atoms with van der Waals surface area (Å²) in [4.78, 5) is 14.2. The van der Waals surface area contributed by atoms with E-state index in [-0.39, 0.29) is 29.8 Å². The first-order chi connectivity index (χ1) is 9.38. The van der Waals surface area contributed by atoms with Gasteiger partial charge < -0.3 is 11.1 Å². The number of likely N-dealkylation sites (tertiary alicyclic amines) is 1. The van der Waals surface area contributed by atoms with E-state index in [2.05, 4.69) is 24.1 Å². The molecular formula is C15H23Cl2N3O. The number of piperidine rings is 1. The molecule has 0 aromatic heterocycles. The zero-order valence-electron chi connectivity index (χ0n) is 12.4. The largest absolute Gasteiger partial charge is 0.327 e. The number of nitrogens with two attached hydrogens (primary N) is 1. The van der Waals surface area contributed by atoms with E-state index in [0.717, 1.165) is 19.5 Å². The van der Waals surface area contributed by atoms with Crippen LogP contribution >= 0.6 is 24.0 Å². The lowest BCUT2D eigenvalue weighted by atomic mass is 9.80. The summed E-state index contributed by atoms with van der Waals surface area (Å²) in [6.45, 7) is 6.37. The normalized spacial score (nSPS) is 21.4. The van der Waals surface area contributed by atoms with Crippen molar-refractivity contribution in [2.75, 3.05) is 25.0 Å². The second-order valence-electron chi connectivity index (χ2n) is 6.12. The van der Waals surface area contributed by atoms with Crippen molar-refractivity contribution in [1.29, 1.82) is 0 Å². The van der Waals surface area contributed by atoms with Gasteiger partial charge in [0.2, 0.25) is 5.91 Å². The smallest absolute Gasteiger partial charge is 0.238 e. The maximum absolute atomic E-state index is 12.1. The van der Waals surface area contributed by atoms with Gasteiger partial charge in [0.25, 0.3) is 0 Å². The number of rotatable bonds is 3. The fourth-order valence-corrected chi connectivity index (χ4v) is 2.76. The Morgan fingerprint density at radius 3 is 2.76 bits per heavy atom. The molecule has 1 heterocycles. The molecule has 0 saturated carbocycles. The van der Waals surface area contributed by atoms with Crippen LogP contribution in [0.1, 0.15) is 20.3 Å². The molecule has 1 amide bonds. The van der Waals surface area contributed by atoms with Gasteiger partial charge in [-0.3, -0.25) is 9.69 Å². The third-order valence-corrected chi connectivity index (χ3v) is 4.24. The Kier molecular flexibility index (Phi) is 6.47. The maximum Gasteiger partial charge on any atom is 0.238 e. The van der Waals surface area contributed by atoms with Crippen LogP contribution in [0.25, 0.3) is 0 Å². The average Bonchev–Trinajstić information content (AvgIpc) is 2.36. The van der Waals surface area contributed by atoms with Gasteiger partial charge in [-0.05, 0) is 24.0 Å². The molecule has 1 fully saturated rings. The molecule has 0 radical (unpaired) electrons. The van der Waals surface area contributed by atoms with Gasteiger partial charge in [0.15, 0.2) is 0 Å². The van der Waals surface area contributed by atoms with E-state index in [1.54, 1.807) is 12.1 Å². The van der Waals surface area contributed by atoms with E-state index >= 15 is 0 Å². The van der Waals surface area contributed by atoms with E-state index in [1.807, 2.05) is 12.1 Å². The summed E-state index contributed by atoms with van der Waals surface area (Å²) in [5.41, 5.74) is 6.81. The molecule has 4 nitrogen and oxygen atoms in total. The topological polar surface area (TPSA) is 58.4 Å². The van der Waals surface area contributed by atoms with Crippen molar-refractivity contribution in [2.45, 2.75) is 26.3 Å². The van der Waals surface area contributed by atoms with Crippen molar-refractivity contribution in [1.82, 2.24) is 4.90 Å². The molecule has 1 atom stereocenters. The molecule has 6 heteroatoms. The van der Waals surface area contributed by atoms with Gasteiger partial charge in [0.05, 0.1) is 17.3 Å². The minimum Gasteiger partial charge on any atom is -0.327 e. The van der Waals surface area contributed by atoms with E-state index in [0.29, 0.717) is 17.3 Å². The average molecular weight is 332 g/mol. The molecule has 0 bridgehead atoms. The minimum absolute atomic E-state index is 0. The first kappa shape index (κ1) is 18.2. The molecule has 21 heavy (non-hydrogen) atoms. The van der Waals surface area contributed by atoms with Crippen LogP contribution in [0.4, 0.5) is 5.69 Å². The van der Waals surface area contributed by atoms with Crippen molar-refractivity contribution in [3.8, 4) is 0 Å². The number of carbonyl (C=O) groups excluding carboxylic acids is 1. The highest BCUT2D eigenvalue weighted by molar-refractivity contribution is 6.33. The number of nitrogens with one attached hydrogen (secondary N) is 1. The number of hydrogen-bond donors (Lipinski definition) is 2. The van der Waals surface area contributed by atoms with Crippen molar-refractivity contribution >= 4 is 35.6 Å². The van der Waals surface area contributed by atoms with Crippen LogP contribution in [0, 0.1) is 5.41 Å². The number of amides is 1. The molecule has 1 aliphatic rings. The lowest BCUT2D eigenvalue weighted by molar-refractivity contribution is -0.118. The molecule has 0 spiro atoms. The molecule has 3 N–H and O–H groups in total. The van der Waals surface area contributed by atoms with Crippen molar-refractivity contribution in [2.24, 2.45) is 11.1 Å². The van der Waals surface area contributed by atoms with Gasteiger partial charge in [-0.2, -0.15) is 0 Å². The highest BCUT2D eigenvalue weighted by atomic mass is 35.5. The molecule has 0 aliphatic carbocycles. The third kappa shape index (κ3) is 4.85. The van der Waals surface area contributed by atoms with E-state index < -0.39 is 0 Å². The monoisotopic (exact) mass is 331 g/mol. The third-order valence-electron chi connectivity index (χ3n) is 3.91. The Balaban J connectivity index is 0.00000220. The second-order valence-corrected chi connectivity index (χ2v) is 6.53. The Bertz CT molecular complexity index is 494. The molecule has 1 saturated heterocycles. The number of nitrogens with zero attached hydrogens (tertiary/aromatic N) is 1. The van der Waals surface area contributed by atoms with Crippen LogP contribution in [0.5, 0.6) is 0 Å². The number of carbonyl (C=O) groups is 1. The maximum atomic E-state index is 12.1. The summed E-state index contributed by atoms with van der Waals surface area (Å²) in [5, 5.41) is 3.41. The predicted molar refractivity (Wildman–Crippen MR) is 90.1 cm³/mol. The zero-order valence-corrected chi connectivity index (χ0v) is 14.0. The molecule has 1 unspecified atom stereocenters. The number of hydrogen-bond acceptors (Lipinski definition) is 3. The van der Waals surface area contributed by atoms with E-state index in [4.69, 9.17) is 17.3 Å². The van der Waals surface area contributed by atoms with Gasteiger partial charge in [0.1, 0.15) is 0 Å². The zero-order chi connectivity index (χ0) is 14.8. The Morgan fingerprint density at radius 1 is 1.48 bits per heavy atom. The highest BCUT2D eigenvalue weighted by Gasteiger charge is 2.33. The van der Waals surface area contributed by atoms with Gasteiger partial charge in [0, 0.05) is 19.1 Å². The van der Waals surface area contributed by atoms with Crippen LogP contribution in [0.15, 0.2) is 24.3 Å². The van der Waals surface area contributed by atoms with Gasteiger partial charge in [-0.25, -0.2) is 0 Å². The molecule has 1 aromatic rings. The SMILES string of the molecule is CC1(C)CN(CC(=O)Nc2ccccc2Cl)CCC1N.Cl. The Morgan fingerprint density at radius 2 is 2.14 bits per heavy atom. The molecule has 1 aliphatic heterocycles. The summed E-state index contributed by atoms with van der Waals surface area (Å²) in [6, 6.07) is 7.46. The van der Waals surface area contributed by atoms with Crippen LogP contribution in [0.2, 0.25) is 5.02 Å². The van der Waals surface area contributed by atoms with E-state index in [9.17, 15) is 4.79 Å². The first-order valence-corrected chi connectivity index (χ1v) is 7.28. The van der Waals surface area contributed by atoms with E-state index in [1.165, 1.54) is 0 Å². The summed E-state index contributed by atoms with van der Waals surface area (Å²) in [7, 11) is 0. The summed E-state index contributed by atoms with van der Waals surface area (Å²) < 4.78 is 0. The predicted octanol–water partition coefficient (Wildman–Crippen LogP) is 2.76. The Labute approximate surface area is 137 Å². The lowest BCUT2D eigenvalue weighted by Crippen LogP contribution is -2.53. The molecular weight excluding hydrogens is 309 g/mol. The van der Waals surface area contributed by atoms with Gasteiger partial charge in [-0.1, -0.05) is 37.6 Å². The number of para-hydroxylation sites is 1. The first-order valence-electron chi connectivity index (χ1n) is 6.91. The second kappa shape index (κ2) is 7.45. The Hall–Kier alpha value is -0.810. The van der Waals surface area contributed by atoms with Crippen LogP contribution < -0.4 is 11.1 Å². The summed E-state index contributed by atoms with van der Waals surface area (Å²) >= 11 is 6.03. The van der Waals surface area contributed by atoms with Crippen LogP contribution in [-0.4, -0.2) is 36.5 Å². The minimum atomic E-state index is -0.0376. The molecule has 2 rings (SSSR count). The van der Waals surface area contributed by atoms with Crippen LogP contribution in [-0.2, 0) is 4.79 Å². The standard InChI is InChI=1S/C15H22ClN3O.ClH/c1-15(2)10-19(8-7-13(15)17)9-14(20)18-12-6-4-3-5-11(12)16;/h3-6,13H,7-10,17H2,1-2H3,(H,18,20);1H. The van der Waals surface area contributed by atoms with Gasteiger partial charge in [-0.15, -0.1) is 12.4 Å². The highest BCUT2D eigenvalue weighted by Crippen LogP contribution is 2.27. The van der Waals surface area contributed by atoms with Crippen molar-refractivity contribution < 1.29 is 4.79 Å².